The Morgan fingerprint density at radius 2 is 2.11 bits per heavy atom. The Balaban J connectivity index is 2.03. The highest BCUT2D eigenvalue weighted by molar-refractivity contribution is 6.00. The number of allylic oxidation sites excluding steroid dienone is 3. The molecule has 0 aromatic rings. The van der Waals surface area contributed by atoms with Gasteiger partial charge in [0.15, 0.2) is 0 Å². The van der Waals surface area contributed by atoms with Crippen molar-refractivity contribution >= 4 is 18.4 Å². The van der Waals surface area contributed by atoms with E-state index < -0.39 is 18.3 Å². The first-order valence-corrected chi connectivity index (χ1v) is 8.99. The number of hydrogen-bond acceptors (Lipinski definition) is 5. The predicted octanol–water partition coefficient (Wildman–Crippen LogP) is 2.25. The highest BCUT2D eigenvalue weighted by atomic mass is 16.6. The van der Waals surface area contributed by atoms with Crippen LogP contribution < -0.4 is 0 Å². The lowest BCUT2D eigenvalue weighted by Gasteiger charge is -2.48. The molecule has 27 heavy (non-hydrogen) atoms. The topological polar surface area (TPSA) is 76.2 Å². The van der Waals surface area contributed by atoms with E-state index in [1.165, 1.54) is 7.05 Å². The van der Waals surface area contributed by atoms with Gasteiger partial charge in [0.05, 0.1) is 0 Å². The summed E-state index contributed by atoms with van der Waals surface area (Å²) in [7, 11) is 4.71. The molecule has 0 unspecified atom stereocenters. The van der Waals surface area contributed by atoms with Crippen molar-refractivity contribution in [3.05, 3.63) is 34.6 Å². The number of imide groups is 1. The molecular formula is C20H26N2O5. The fourth-order valence-corrected chi connectivity index (χ4v) is 4.27. The lowest BCUT2D eigenvalue weighted by molar-refractivity contribution is -0.123. The van der Waals surface area contributed by atoms with Gasteiger partial charge in [-0.25, -0.2) is 4.79 Å². The highest BCUT2D eigenvalue weighted by Gasteiger charge is 2.51. The molecule has 146 valence electrons. The SMILES string of the molecule is CO[C@@H]1C=C2C=C3C(=C(C)C(=O)N3C)C[C@]2(C)[C@@H](C)[C@H]1OC(=O)N(C)C=O. The van der Waals surface area contributed by atoms with E-state index in [1.54, 1.807) is 19.1 Å². The lowest BCUT2D eigenvalue weighted by atomic mass is 9.59. The molecule has 0 aromatic heterocycles. The van der Waals surface area contributed by atoms with Gasteiger partial charge in [0, 0.05) is 43.8 Å². The molecule has 3 amide bonds. The molecule has 2 aliphatic carbocycles. The molecule has 0 aromatic carbocycles. The maximum atomic E-state index is 12.4. The van der Waals surface area contributed by atoms with E-state index in [0.717, 1.165) is 27.3 Å². The van der Waals surface area contributed by atoms with Gasteiger partial charge in [-0.15, -0.1) is 0 Å². The van der Waals surface area contributed by atoms with Crippen LogP contribution in [0.15, 0.2) is 34.6 Å². The summed E-state index contributed by atoms with van der Waals surface area (Å²) in [5.41, 5.74) is 3.50. The van der Waals surface area contributed by atoms with Gasteiger partial charge in [0.2, 0.25) is 6.41 Å². The fraction of sp³-hybridized carbons (Fsp3) is 0.550. The number of nitrogens with zero attached hydrogens (tertiary/aromatic N) is 2. The molecule has 0 saturated carbocycles. The van der Waals surface area contributed by atoms with Crippen LogP contribution in [0.4, 0.5) is 4.79 Å². The number of carbonyl (C=O) groups excluding carboxylic acids is 3. The van der Waals surface area contributed by atoms with Crippen molar-refractivity contribution in [2.24, 2.45) is 11.3 Å². The molecule has 7 nitrogen and oxygen atoms in total. The second kappa shape index (κ2) is 6.64. The standard InChI is InChI=1S/C20H26N2O5/c1-11-14-9-20(3)12(2)17(27-19(25)21(4)10-23)16(26-6)8-13(20)7-15(14)22(5)18(11)24/h7-8,10,12,16-17H,9H2,1-6H3/t12-,16+,17+,20+/m0/s1. The van der Waals surface area contributed by atoms with E-state index in [2.05, 4.69) is 6.92 Å². The zero-order valence-corrected chi connectivity index (χ0v) is 16.6. The maximum Gasteiger partial charge on any atom is 0.416 e. The number of likely N-dealkylation sites (N-methyl/N-ethyl adjacent to an activating group) is 1. The van der Waals surface area contributed by atoms with E-state index in [-0.39, 0.29) is 17.2 Å². The zero-order valence-electron chi connectivity index (χ0n) is 16.6. The number of carbonyl (C=O) groups is 3. The third kappa shape index (κ3) is 2.81. The lowest BCUT2D eigenvalue weighted by Crippen LogP contribution is -2.50. The van der Waals surface area contributed by atoms with Gasteiger partial charge in [0.1, 0.15) is 12.2 Å². The quantitative estimate of drug-likeness (QED) is 0.708. The van der Waals surface area contributed by atoms with Crippen LogP contribution in [0.2, 0.25) is 0 Å². The fourth-order valence-electron chi connectivity index (χ4n) is 4.27. The van der Waals surface area contributed by atoms with Crippen molar-refractivity contribution in [3.8, 4) is 0 Å². The summed E-state index contributed by atoms with van der Waals surface area (Å²) in [5.74, 6) is -0.0591. The minimum atomic E-state index is -0.706. The van der Waals surface area contributed by atoms with Crippen molar-refractivity contribution in [2.45, 2.75) is 39.4 Å². The molecule has 3 rings (SSSR count). The minimum Gasteiger partial charge on any atom is -0.442 e. The molecule has 4 atom stereocenters. The summed E-state index contributed by atoms with van der Waals surface area (Å²) in [6.07, 6.45) is 3.44. The van der Waals surface area contributed by atoms with Crippen molar-refractivity contribution < 1.29 is 23.9 Å². The van der Waals surface area contributed by atoms with E-state index in [0.29, 0.717) is 12.8 Å². The Hall–Kier alpha value is -2.41. The van der Waals surface area contributed by atoms with Crippen molar-refractivity contribution in [1.82, 2.24) is 9.80 Å². The van der Waals surface area contributed by atoms with Gasteiger partial charge in [-0.3, -0.25) is 14.5 Å². The third-order valence-electron chi connectivity index (χ3n) is 6.36. The number of fused-ring (bicyclic) bond motifs is 2. The smallest absolute Gasteiger partial charge is 0.416 e. The molecule has 0 N–H and O–H groups in total. The van der Waals surface area contributed by atoms with Crippen LogP contribution in [0, 0.1) is 11.3 Å². The second-order valence-corrected chi connectivity index (χ2v) is 7.77. The Morgan fingerprint density at radius 1 is 1.44 bits per heavy atom. The monoisotopic (exact) mass is 374 g/mol. The van der Waals surface area contributed by atoms with Crippen LogP contribution in [0.5, 0.6) is 0 Å². The predicted molar refractivity (Wildman–Crippen MR) is 98.4 cm³/mol. The Kier molecular flexibility index (Phi) is 4.76. The molecule has 0 spiro atoms. The zero-order chi connectivity index (χ0) is 20.1. The van der Waals surface area contributed by atoms with E-state index in [4.69, 9.17) is 9.47 Å². The molecule has 0 fully saturated rings. The number of methoxy groups -OCH3 is 1. The van der Waals surface area contributed by atoms with Gasteiger partial charge in [-0.05, 0) is 36.6 Å². The number of hydrogen-bond donors (Lipinski definition) is 0. The van der Waals surface area contributed by atoms with Crippen LogP contribution in [0.25, 0.3) is 0 Å². The van der Waals surface area contributed by atoms with Crippen LogP contribution in [-0.4, -0.2) is 61.6 Å². The number of ether oxygens (including phenoxy) is 2. The van der Waals surface area contributed by atoms with Gasteiger partial charge in [-0.2, -0.15) is 0 Å². The average Bonchev–Trinajstić information content (AvgIpc) is 2.85. The van der Waals surface area contributed by atoms with E-state index in [9.17, 15) is 14.4 Å². The molecule has 0 bridgehead atoms. The Labute approximate surface area is 159 Å². The van der Waals surface area contributed by atoms with E-state index >= 15 is 0 Å². The molecule has 0 saturated heterocycles. The number of rotatable bonds is 3. The molecule has 7 heteroatoms. The summed E-state index contributed by atoms with van der Waals surface area (Å²) in [6.45, 7) is 6.00. The van der Waals surface area contributed by atoms with Crippen LogP contribution in [0.1, 0.15) is 27.2 Å². The van der Waals surface area contributed by atoms with Crippen LogP contribution in [-0.2, 0) is 19.1 Å². The van der Waals surface area contributed by atoms with Crippen molar-refractivity contribution in [2.75, 3.05) is 21.2 Å². The molecule has 3 aliphatic rings. The van der Waals surface area contributed by atoms with Crippen LogP contribution in [0.3, 0.4) is 0 Å². The molecule has 1 heterocycles. The van der Waals surface area contributed by atoms with Gasteiger partial charge in [0.25, 0.3) is 5.91 Å². The first-order chi connectivity index (χ1) is 12.7. The van der Waals surface area contributed by atoms with Gasteiger partial charge in [-0.1, -0.05) is 13.8 Å². The normalized spacial score (nSPS) is 32.4. The first kappa shape index (κ1) is 19.4. The van der Waals surface area contributed by atoms with Crippen molar-refractivity contribution in [3.63, 3.8) is 0 Å². The Morgan fingerprint density at radius 3 is 2.70 bits per heavy atom. The third-order valence-corrected chi connectivity index (χ3v) is 6.36. The summed E-state index contributed by atoms with van der Waals surface area (Å²) in [6, 6.07) is 0. The summed E-state index contributed by atoms with van der Waals surface area (Å²) in [5, 5.41) is 0. The Bertz CT molecular complexity index is 796. The summed E-state index contributed by atoms with van der Waals surface area (Å²) in [4.78, 5) is 38.0. The summed E-state index contributed by atoms with van der Waals surface area (Å²) < 4.78 is 11.2. The average molecular weight is 374 g/mol. The van der Waals surface area contributed by atoms with Crippen LogP contribution >= 0.6 is 0 Å². The first-order valence-electron chi connectivity index (χ1n) is 8.99. The van der Waals surface area contributed by atoms with Crippen molar-refractivity contribution in [1.29, 1.82) is 0 Å². The van der Waals surface area contributed by atoms with Gasteiger partial charge < -0.3 is 14.4 Å². The van der Waals surface area contributed by atoms with E-state index in [1.807, 2.05) is 26.0 Å². The van der Waals surface area contributed by atoms with Gasteiger partial charge >= 0.3 is 6.09 Å². The summed E-state index contributed by atoms with van der Waals surface area (Å²) >= 11 is 0. The maximum absolute atomic E-state index is 12.4. The molecule has 0 radical (unpaired) electrons. The number of amides is 3. The second-order valence-electron chi connectivity index (χ2n) is 7.77. The minimum absolute atomic E-state index is 0.0191. The highest BCUT2D eigenvalue weighted by Crippen LogP contribution is 2.54. The molecule has 1 aliphatic heterocycles. The largest absolute Gasteiger partial charge is 0.442 e. The molecular weight excluding hydrogens is 348 g/mol.